The van der Waals surface area contributed by atoms with Gasteiger partial charge in [-0.25, -0.2) is 0 Å². The molecular weight excluding hydrogens is 204 g/mol. The SMILES string of the molecule is CSC1CNCC1N1CCCC1C(C)C. The fourth-order valence-electron chi connectivity index (χ4n) is 3.15. The fraction of sp³-hybridized carbons (Fsp3) is 1.00. The smallest absolute Gasteiger partial charge is 0.0354 e. The average molecular weight is 228 g/mol. The third-order valence-corrected chi connectivity index (χ3v) is 5.05. The van der Waals surface area contributed by atoms with Crippen molar-refractivity contribution >= 4 is 11.8 Å². The van der Waals surface area contributed by atoms with Gasteiger partial charge in [0.2, 0.25) is 0 Å². The van der Waals surface area contributed by atoms with Crippen LogP contribution in [0.2, 0.25) is 0 Å². The van der Waals surface area contributed by atoms with Gasteiger partial charge in [-0.1, -0.05) is 13.8 Å². The first-order valence-electron chi connectivity index (χ1n) is 6.23. The van der Waals surface area contributed by atoms with E-state index in [1.54, 1.807) is 0 Å². The zero-order chi connectivity index (χ0) is 10.8. The van der Waals surface area contributed by atoms with Crippen LogP contribution in [0.5, 0.6) is 0 Å². The summed E-state index contributed by atoms with van der Waals surface area (Å²) in [6, 6.07) is 1.62. The number of thioether (sulfide) groups is 1. The van der Waals surface area contributed by atoms with Crippen LogP contribution in [0, 0.1) is 5.92 Å². The van der Waals surface area contributed by atoms with Crippen LogP contribution >= 0.6 is 11.8 Å². The highest BCUT2D eigenvalue weighted by atomic mass is 32.2. The molecule has 0 aromatic heterocycles. The van der Waals surface area contributed by atoms with E-state index in [1.165, 1.54) is 32.5 Å². The molecule has 2 aliphatic rings. The minimum Gasteiger partial charge on any atom is -0.314 e. The van der Waals surface area contributed by atoms with Crippen LogP contribution in [0.3, 0.4) is 0 Å². The van der Waals surface area contributed by atoms with Crippen molar-refractivity contribution in [1.29, 1.82) is 0 Å². The normalized spacial score (nSPS) is 38.0. The Bertz CT molecular complexity index is 208. The van der Waals surface area contributed by atoms with Crippen molar-refractivity contribution in [3.8, 4) is 0 Å². The second-order valence-corrected chi connectivity index (χ2v) is 6.27. The lowest BCUT2D eigenvalue weighted by Gasteiger charge is -2.35. The molecule has 0 aromatic rings. The Morgan fingerprint density at radius 1 is 1.33 bits per heavy atom. The molecule has 3 heteroatoms. The number of hydrogen-bond acceptors (Lipinski definition) is 3. The van der Waals surface area contributed by atoms with Gasteiger partial charge in [0.1, 0.15) is 0 Å². The Balaban J connectivity index is 2.02. The highest BCUT2D eigenvalue weighted by Crippen LogP contribution is 2.30. The van der Waals surface area contributed by atoms with Gasteiger partial charge in [-0.05, 0) is 31.6 Å². The molecule has 0 amide bonds. The van der Waals surface area contributed by atoms with Gasteiger partial charge in [0.25, 0.3) is 0 Å². The standard InChI is InChI=1S/C12H24N2S/c1-9(2)10-5-4-6-14(10)11-7-13-8-12(11)15-3/h9-13H,4-8H2,1-3H3. The van der Waals surface area contributed by atoms with E-state index in [2.05, 4.69) is 30.3 Å². The zero-order valence-electron chi connectivity index (χ0n) is 10.2. The van der Waals surface area contributed by atoms with Gasteiger partial charge in [-0.3, -0.25) is 4.90 Å². The Morgan fingerprint density at radius 3 is 2.80 bits per heavy atom. The van der Waals surface area contributed by atoms with E-state index in [4.69, 9.17) is 0 Å². The average Bonchev–Trinajstić information content (AvgIpc) is 2.85. The molecule has 0 spiro atoms. The Labute approximate surface area is 98.2 Å². The first-order valence-corrected chi connectivity index (χ1v) is 7.52. The fourth-order valence-corrected chi connectivity index (χ4v) is 4.01. The molecular formula is C12H24N2S. The van der Waals surface area contributed by atoms with Gasteiger partial charge in [0.15, 0.2) is 0 Å². The first kappa shape index (κ1) is 11.7. The van der Waals surface area contributed by atoms with Crippen LogP contribution < -0.4 is 5.32 Å². The number of hydrogen-bond donors (Lipinski definition) is 1. The third-order valence-electron chi connectivity index (χ3n) is 3.97. The molecule has 2 saturated heterocycles. The molecule has 1 N–H and O–H groups in total. The molecule has 2 rings (SSSR count). The van der Waals surface area contributed by atoms with Crippen molar-refractivity contribution in [2.75, 3.05) is 25.9 Å². The van der Waals surface area contributed by atoms with E-state index in [-0.39, 0.29) is 0 Å². The Morgan fingerprint density at radius 2 is 2.13 bits per heavy atom. The summed E-state index contributed by atoms with van der Waals surface area (Å²) in [7, 11) is 0. The predicted molar refractivity (Wildman–Crippen MR) is 68.5 cm³/mol. The van der Waals surface area contributed by atoms with E-state index in [1.807, 2.05) is 11.8 Å². The van der Waals surface area contributed by atoms with Crippen molar-refractivity contribution in [2.45, 2.75) is 44.0 Å². The van der Waals surface area contributed by atoms with E-state index >= 15 is 0 Å². The van der Waals surface area contributed by atoms with Crippen LogP contribution in [0.4, 0.5) is 0 Å². The van der Waals surface area contributed by atoms with E-state index in [0.29, 0.717) is 0 Å². The molecule has 15 heavy (non-hydrogen) atoms. The quantitative estimate of drug-likeness (QED) is 0.793. The van der Waals surface area contributed by atoms with Crippen LogP contribution in [0.25, 0.3) is 0 Å². The van der Waals surface area contributed by atoms with Gasteiger partial charge in [0, 0.05) is 30.4 Å². The van der Waals surface area contributed by atoms with Crippen LogP contribution in [-0.4, -0.2) is 48.1 Å². The molecule has 3 unspecified atom stereocenters. The molecule has 88 valence electrons. The second kappa shape index (κ2) is 5.07. The summed E-state index contributed by atoms with van der Waals surface area (Å²) in [5.74, 6) is 0.815. The molecule has 0 aromatic carbocycles. The van der Waals surface area contributed by atoms with Crippen LogP contribution in [0.1, 0.15) is 26.7 Å². The molecule has 0 radical (unpaired) electrons. The second-order valence-electron chi connectivity index (χ2n) is 5.19. The van der Waals surface area contributed by atoms with Gasteiger partial charge in [-0.15, -0.1) is 0 Å². The summed E-state index contributed by atoms with van der Waals surface area (Å²) < 4.78 is 0. The van der Waals surface area contributed by atoms with Gasteiger partial charge in [-0.2, -0.15) is 11.8 Å². The zero-order valence-corrected chi connectivity index (χ0v) is 11.0. The molecule has 0 bridgehead atoms. The van der Waals surface area contributed by atoms with Gasteiger partial charge >= 0.3 is 0 Å². The summed E-state index contributed by atoms with van der Waals surface area (Å²) in [6.45, 7) is 8.48. The van der Waals surface area contributed by atoms with E-state index < -0.39 is 0 Å². The summed E-state index contributed by atoms with van der Waals surface area (Å²) in [6.07, 6.45) is 5.07. The van der Waals surface area contributed by atoms with Crippen molar-refractivity contribution < 1.29 is 0 Å². The molecule has 2 heterocycles. The summed E-state index contributed by atoms with van der Waals surface area (Å²) in [4.78, 5) is 2.78. The summed E-state index contributed by atoms with van der Waals surface area (Å²) in [5.41, 5.74) is 0. The first-order chi connectivity index (χ1) is 7.24. The summed E-state index contributed by atoms with van der Waals surface area (Å²) >= 11 is 2.04. The highest BCUT2D eigenvalue weighted by molar-refractivity contribution is 7.99. The Hall–Kier alpha value is 0.270. The summed E-state index contributed by atoms with van der Waals surface area (Å²) in [5, 5.41) is 4.36. The molecule has 2 aliphatic heterocycles. The monoisotopic (exact) mass is 228 g/mol. The molecule has 2 nitrogen and oxygen atoms in total. The molecule has 3 atom stereocenters. The maximum atomic E-state index is 3.55. The maximum absolute atomic E-state index is 3.55. The largest absolute Gasteiger partial charge is 0.314 e. The maximum Gasteiger partial charge on any atom is 0.0354 e. The van der Waals surface area contributed by atoms with Crippen molar-refractivity contribution in [3.05, 3.63) is 0 Å². The highest BCUT2D eigenvalue weighted by Gasteiger charge is 2.38. The lowest BCUT2D eigenvalue weighted by Crippen LogP contribution is -2.46. The topological polar surface area (TPSA) is 15.3 Å². The van der Waals surface area contributed by atoms with Crippen molar-refractivity contribution in [3.63, 3.8) is 0 Å². The third kappa shape index (κ3) is 2.34. The Kier molecular flexibility index (Phi) is 3.97. The lowest BCUT2D eigenvalue weighted by molar-refractivity contribution is 0.158. The minimum absolute atomic E-state index is 0.787. The molecule has 0 aliphatic carbocycles. The molecule has 2 fully saturated rings. The van der Waals surface area contributed by atoms with Gasteiger partial charge < -0.3 is 5.32 Å². The minimum atomic E-state index is 0.787. The number of nitrogens with one attached hydrogen (secondary N) is 1. The number of rotatable bonds is 3. The number of likely N-dealkylation sites (tertiary alicyclic amines) is 1. The molecule has 0 saturated carbocycles. The van der Waals surface area contributed by atoms with Crippen molar-refractivity contribution in [1.82, 2.24) is 10.2 Å². The van der Waals surface area contributed by atoms with Crippen LogP contribution in [-0.2, 0) is 0 Å². The van der Waals surface area contributed by atoms with Crippen molar-refractivity contribution in [2.24, 2.45) is 5.92 Å². The van der Waals surface area contributed by atoms with Gasteiger partial charge in [0.05, 0.1) is 0 Å². The lowest BCUT2D eigenvalue weighted by atomic mass is 10.0. The van der Waals surface area contributed by atoms with E-state index in [0.717, 1.165) is 23.3 Å². The predicted octanol–water partition coefficient (Wildman–Crippen LogP) is 1.81. The number of nitrogens with zero attached hydrogens (tertiary/aromatic N) is 1. The van der Waals surface area contributed by atoms with Crippen LogP contribution in [0.15, 0.2) is 0 Å². The van der Waals surface area contributed by atoms with E-state index in [9.17, 15) is 0 Å².